The lowest BCUT2D eigenvalue weighted by Crippen LogP contribution is -2.11. The van der Waals surface area contributed by atoms with Crippen LogP contribution < -0.4 is 9.80 Å². The maximum atomic E-state index is 15.4. The van der Waals surface area contributed by atoms with Crippen molar-refractivity contribution in [2.75, 3.05) is 9.80 Å². The van der Waals surface area contributed by atoms with E-state index in [1.165, 1.54) is 6.07 Å². The van der Waals surface area contributed by atoms with Crippen LogP contribution in [0, 0.1) is 6.92 Å². The number of para-hydroxylation sites is 6. The van der Waals surface area contributed by atoms with Crippen LogP contribution >= 0.6 is 0 Å². The monoisotopic (exact) mass is 900 g/mol. The van der Waals surface area contributed by atoms with Gasteiger partial charge in [-0.3, -0.25) is 0 Å². The zero-order valence-corrected chi connectivity index (χ0v) is 37.5. The maximum Gasteiger partial charge on any atom is 0.418 e. The highest BCUT2D eigenvalue weighted by Crippen LogP contribution is 2.45. The van der Waals surface area contributed by atoms with Gasteiger partial charge in [0.25, 0.3) is 0 Å². The second kappa shape index (κ2) is 16.8. The molecule has 12 rings (SSSR count). The van der Waals surface area contributed by atoms with Gasteiger partial charge in [0.15, 0.2) is 0 Å². The van der Waals surface area contributed by atoms with Crippen LogP contribution in [0.2, 0.25) is 0 Å². The summed E-state index contributed by atoms with van der Waals surface area (Å²) in [7, 11) is 0. The number of aryl methyl sites for hydroxylation is 1. The Morgan fingerprint density at radius 1 is 0.319 bits per heavy atom. The van der Waals surface area contributed by atoms with Crippen molar-refractivity contribution in [3.63, 3.8) is 0 Å². The number of hydrogen-bond acceptors (Lipinski definition) is 2. The molecule has 0 radical (unpaired) electrons. The van der Waals surface area contributed by atoms with Gasteiger partial charge in [0.2, 0.25) is 0 Å². The van der Waals surface area contributed by atoms with Crippen LogP contribution in [-0.2, 0) is 6.18 Å². The van der Waals surface area contributed by atoms with E-state index in [1.807, 2.05) is 91.0 Å². The summed E-state index contributed by atoms with van der Waals surface area (Å²) < 4.78 is 50.2. The minimum Gasteiger partial charge on any atom is -0.310 e. The molecule has 332 valence electrons. The predicted octanol–water partition coefficient (Wildman–Crippen LogP) is 17.8. The molecule has 4 nitrogen and oxygen atoms in total. The molecule has 0 amide bonds. The average Bonchev–Trinajstić information content (AvgIpc) is 3.90. The first-order valence-electron chi connectivity index (χ1n) is 23.0. The molecule has 0 saturated carbocycles. The Morgan fingerprint density at radius 3 is 1.12 bits per heavy atom. The van der Waals surface area contributed by atoms with Gasteiger partial charge in [-0.25, -0.2) is 0 Å². The highest BCUT2D eigenvalue weighted by molar-refractivity contribution is 6.12. The van der Waals surface area contributed by atoms with E-state index >= 15 is 13.2 Å². The third-order valence-corrected chi connectivity index (χ3v) is 13.2. The first-order valence-corrected chi connectivity index (χ1v) is 23.0. The van der Waals surface area contributed by atoms with Gasteiger partial charge >= 0.3 is 6.18 Å². The number of fused-ring (bicyclic) bond motifs is 6. The van der Waals surface area contributed by atoms with E-state index in [-0.39, 0.29) is 5.69 Å². The molecule has 2 aromatic heterocycles. The summed E-state index contributed by atoms with van der Waals surface area (Å²) in [5.74, 6) is 0. The fraction of sp³-hybridized carbons (Fsp3) is 0.0323. The van der Waals surface area contributed by atoms with E-state index in [9.17, 15) is 0 Å². The number of benzene rings is 10. The van der Waals surface area contributed by atoms with E-state index in [4.69, 9.17) is 0 Å². The van der Waals surface area contributed by atoms with E-state index in [0.717, 1.165) is 83.5 Å². The molecule has 0 atom stereocenters. The lowest BCUT2D eigenvalue weighted by atomic mass is 9.99. The van der Waals surface area contributed by atoms with Crippen molar-refractivity contribution in [3.8, 4) is 22.5 Å². The number of halogens is 3. The Balaban J connectivity index is 1.01. The van der Waals surface area contributed by atoms with Gasteiger partial charge in [-0.15, -0.1) is 0 Å². The summed E-state index contributed by atoms with van der Waals surface area (Å²) in [6, 6.07) is 80.4. The quantitative estimate of drug-likeness (QED) is 0.143. The van der Waals surface area contributed by atoms with Gasteiger partial charge in [0.05, 0.1) is 33.3 Å². The lowest BCUT2D eigenvalue weighted by molar-refractivity contribution is -0.137. The zero-order valence-electron chi connectivity index (χ0n) is 37.5. The molecule has 0 saturated heterocycles. The molecular weight excluding hydrogens is 858 g/mol. The minimum atomic E-state index is -4.63. The molecule has 0 N–H and O–H groups in total. The normalized spacial score (nSPS) is 11.8. The van der Waals surface area contributed by atoms with Crippen LogP contribution in [0.4, 0.5) is 47.3 Å². The van der Waals surface area contributed by atoms with Crippen LogP contribution in [-0.4, -0.2) is 9.13 Å². The fourth-order valence-electron chi connectivity index (χ4n) is 10.1. The molecular formula is C62H43F3N4. The van der Waals surface area contributed by atoms with Crippen LogP contribution in [0.25, 0.3) is 66.1 Å². The molecule has 69 heavy (non-hydrogen) atoms. The molecule has 12 aromatic rings. The van der Waals surface area contributed by atoms with Crippen molar-refractivity contribution < 1.29 is 13.2 Å². The van der Waals surface area contributed by atoms with Gasteiger partial charge < -0.3 is 18.9 Å². The van der Waals surface area contributed by atoms with E-state index in [1.54, 1.807) is 16.7 Å². The summed E-state index contributed by atoms with van der Waals surface area (Å²) >= 11 is 0. The average molecular weight is 901 g/mol. The van der Waals surface area contributed by atoms with Gasteiger partial charge in [-0.05, 0) is 139 Å². The Hall–Kier alpha value is -8.81. The molecule has 0 aliphatic heterocycles. The SMILES string of the molecule is Cc1ccc(-c2ccc(C(F)(F)F)c(-n3c4ccccc4c4cc(N(c5ccccc5)c5ccccc5)ccc43)c2)cc1-n1c2ccccc2c2cc(N(c3ccccc3)c3ccccc3)ccc21. The van der Waals surface area contributed by atoms with Crippen LogP contribution in [0.3, 0.4) is 0 Å². The largest absolute Gasteiger partial charge is 0.418 e. The molecule has 0 spiro atoms. The smallest absolute Gasteiger partial charge is 0.310 e. The summed E-state index contributed by atoms with van der Waals surface area (Å²) in [6.07, 6.45) is -4.63. The van der Waals surface area contributed by atoms with Gasteiger partial charge in [-0.2, -0.15) is 13.2 Å². The number of aromatic nitrogens is 2. The molecule has 0 aliphatic rings. The number of anilines is 6. The lowest BCUT2D eigenvalue weighted by Gasteiger charge is -2.25. The predicted molar refractivity (Wildman–Crippen MR) is 280 cm³/mol. The van der Waals surface area contributed by atoms with E-state index in [0.29, 0.717) is 16.6 Å². The number of rotatable bonds is 9. The number of alkyl halides is 3. The Kier molecular flexibility index (Phi) is 10.1. The van der Waals surface area contributed by atoms with Gasteiger partial charge in [-0.1, -0.05) is 127 Å². The van der Waals surface area contributed by atoms with Crippen molar-refractivity contribution in [1.82, 2.24) is 9.13 Å². The maximum absolute atomic E-state index is 15.4. The second-order valence-electron chi connectivity index (χ2n) is 17.4. The van der Waals surface area contributed by atoms with Gasteiger partial charge in [0, 0.05) is 61.4 Å². The van der Waals surface area contributed by atoms with Crippen molar-refractivity contribution in [1.29, 1.82) is 0 Å². The highest BCUT2D eigenvalue weighted by atomic mass is 19.4. The van der Waals surface area contributed by atoms with Crippen molar-refractivity contribution in [3.05, 3.63) is 254 Å². The van der Waals surface area contributed by atoms with Crippen LogP contribution in [0.15, 0.2) is 243 Å². The molecule has 10 aromatic carbocycles. The molecule has 7 heteroatoms. The summed E-state index contributed by atoms with van der Waals surface area (Å²) in [5.41, 5.74) is 12.2. The summed E-state index contributed by atoms with van der Waals surface area (Å²) in [4.78, 5) is 4.43. The number of nitrogens with zero attached hydrogens (tertiary/aromatic N) is 4. The van der Waals surface area contributed by atoms with Crippen molar-refractivity contribution >= 4 is 77.7 Å². The Morgan fingerprint density at radius 2 is 0.681 bits per heavy atom. The van der Waals surface area contributed by atoms with Crippen LogP contribution in [0.5, 0.6) is 0 Å². The topological polar surface area (TPSA) is 16.3 Å². The fourth-order valence-corrected chi connectivity index (χ4v) is 10.1. The highest BCUT2D eigenvalue weighted by Gasteiger charge is 2.35. The summed E-state index contributed by atoms with van der Waals surface area (Å²) in [6.45, 7) is 2.09. The first-order chi connectivity index (χ1) is 33.8. The van der Waals surface area contributed by atoms with Crippen molar-refractivity contribution in [2.24, 2.45) is 0 Å². The number of hydrogen-bond donors (Lipinski definition) is 0. The molecule has 0 fully saturated rings. The molecule has 2 heterocycles. The Labute approximate surface area is 397 Å². The third-order valence-electron chi connectivity index (χ3n) is 13.2. The Bertz CT molecular complexity index is 3760. The molecule has 0 aliphatic carbocycles. The van der Waals surface area contributed by atoms with E-state index in [2.05, 4.69) is 155 Å². The molecule has 0 bridgehead atoms. The minimum absolute atomic E-state index is 0.0647. The second-order valence-corrected chi connectivity index (χ2v) is 17.4. The zero-order chi connectivity index (χ0) is 46.6. The first kappa shape index (κ1) is 41.6. The van der Waals surface area contributed by atoms with Gasteiger partial charge in [0.1, 0.15) is 0 Å². The van der Waals surface area contributed by atoms with E-state index < -0.39 is 11.7 Å². The summed E-state index contributed by atoms with van der Waals surface area (Å²) in [5, 5.41) is 3.90. The standard InChI is InChI=1S/C62H43F3N4/c1-42-30-31-43(38-60(42)68-56-28-16-14-26-51(56)53-40-49(33-36-58(53)68)66(45-18-6-2-7-19-45)46-20-8-3-9-21-46)44-32-35-55(62(63,64)65)61(39-44)69-57-29-17-15-27-52(57)54-41-50(34-37-59(54)69)67(47-22-10-4-11-23-47)48-24-12-5-13-25-48/h2-41H,1H3. The molecule has 0 unspecified atom stereocenters. The van der Waals surface area contributed by atoms with Crippen LogP contribution in [0.1, 0.15) is 11.1 Å². The van der Waals surface area contributed by atoms with Crippen molar-refractivity contribution in [2.45, 2.75) is 13.1 Å². The third kappa shape index (κ3) is 7.27.